The molecule has 1 saturated heterocycles. The quantitative estimate of drug-likeness (QED) is 0.447. The predicted octanol–water partition coefficient (Wildman–Crippen LogP) is 4.19. The van der Waals surface area contributed by atoms with Gasteiger partial charge in [0.1, 0.15) is 4.88 Å². The van der Waals surface area contributed by atoms with Crippen LogP contribution in [0.5, 0.6) is 0 Å². The Balaban J connectivity index is 1.41. The molecule has 31 heavy (non-hydrogen) atoms. The van der Waals surface area contributed by atoms with E-state index in [1.165, 1.54) is 17.5 Å². The van der Waals surface area contributed by atoms with Gasteiger partial charge in [0.05, 0.1) is 16.9 Å². The summed E-state index contributed by atoms with van der Waals surface area (Å²) in [5, 5.41) is 13.3. The molecule has 2 amide bonds. The lowest BCUT2D eigenvalue weighted by molar-refractivity contribution is 0.0939. The second kappa shape index (κ2) is 9.47. The number of benzene rings is 2. The highest BCUT2D eigenvalue weighted by molar-refractivity contribution is 7.17. The lowest BCUT2D eigenvalue weighted by Crippen LogP contribution is -2.36. The van der Waals surface area contributed by atoms with Gasteiger partial charge in [0.15, 0.2) is 5.13 Å². The Bertz CT molecular complexity index is 1090. The van der Waals surface area contributed by atoms with Crippen molar-refractivity contribution in [1.82, 2.24) is 15.6 Å². The number of hydrogen-bond acceptors (Lipinski definition) is 6. The molecule has 0 unspecified atom stereocenters. The first-order chi connectivity index (χ1) is 15.0. The van der Waals surface area contributed by atoms with E-state index < -0.39 is 0 Å². The molecule has 0 radical (unpaired) electrons. The summed E-state index contributed by atoms with van der Waals surface area (Å²) in [6.45, 7) is 3.59. The van der Waals surface area contributed by atoms with Gasteiger partial charge in [0, 0.05) is 23.8 Å². The molecule has 2 heterocycles. The fourth-order valence-electron chi connectivity index (χ4n) is 3.31. The van der Waals surface area contributed by atoms with E-state index in [1.54, 1.807) is 18.2 Å². The van der Waals surface area contributed by atoms with E-state index in [0.29, 0.717) is 26.3 Å². The van der Waals surface area contributed by atoms with Crippen molar-refractivity contribution < 1.29 is 9.59 Å². The molecule has 9 heteroatoms. The van der Waals surface area contributed by atoms with Crippen molar-refractivity contribution in [3.8, 4) is 0 Å². The van der Waals surface area contributed by atoms with Gasteiger partial charge in [-0.2, -0.15) is 0 Å². The molecule has 0 aliphatic carbocycles. The summed E-state index contributed by atoms with van der Waals surface area (Å²) in [6, 6.07) is 12.8. The van der Waals surface area contributed by atoms with Crippen molar-refractivity contribution in [1.29, 1.82) is 0 Å². The predicted molar refractivity (Wildman–Crippen MR) is 125 cm³/mol. The van der Waals surface area contributed by atoms with Gasteiger partial charge < -0.3 is 21.3 Å². The van der Waals surface area contributed by atoms with Gasteiger partial charge in [0.25, 0.3) is 11.8 Å². The summed E-state index contributed by atoms with van der Waals surface area (Å²) in [4.78, 5) is 29.8. The highest BCUT2D eigenvalue weighted by Crippen LogP contribution is 2.28. The summed E-state index contributed by atoms with van der Waals surface area (Å²) < 4.78 is 0. The van der Waals surface area contributed by atoms with Crippen LogP contribution in [0.15, 0.2) is 48.7 Å². The largest absolute Gasteiger partial charge is 0.348 e. The third kappa shape index (κ3) is 5.22. The second-order valence-electron chi connectivity index (χ2n) is 7.28. The highest BCUT2D eigenvalue weighted by atomic mass is 35.5. The maximum absolute atomic E-state index is 12.6. The second-order valence-corrected chi connectivity index (χ2v) is 8.72. The Labute approximate surface area is 189 Å². The molecule has 4 rings (SSSR count). The Hall–Kier alpha value is -2.94. The van der Waals surface area contributed by atoms with Gasteiger partial charge in [-0.15, -0.1) is 0 Å². The molecule has 0 saturated carbocycles. The molecule has 1 aliphatic rings. The number of aryl methyl sites for hydroxylation is 1. The number of carbonyl (C=O) groups excluding carboxylic acids is 2. The Morgan fingerprint density at radius 3 is 2.81 bits per heavy atom. The van der Waals surface area contributed by atoms with E-state index in [4.69, 9.17) is 11.6 Å². The number of nitrogens with zero attached hydrogens (tertiary/aromatic N) is 1. The molecular weight excluding hydrogens is 434 g/mol. The molecule has 1 aromatic heterocycles. The van der Waals surface area contributed by atoms with Crippen LogP contribution in [0.3, 0.4) is 0 Å². The van der Waals surface area contributed by atoms with Crippen LogP contribution >= 0.6 is 22.9 Å². The van der Waals surface area contributed by atoms with Crippen molar-refractivity contribution in [2.45, 2.75) is 19.4 Å². The number of halogens is 1. The Kier molecular flexibility index (Phi) is 6.50. The van der Waals surface area contributed by atoms with Gasteiger partial charge in [0.2, 0.25) is 0 Å². The van der Waals surface area contributed by atoms with Crippen LogP contribution in [-0.2, 0) is 0 Å². The zero-order valence-electron chi connectivity index (χ0n) is 16.9. The van der Waals surface area contributed by atoms with Crippen LogP contribution in [0.2, 0.25) is 5.02 Å². The van der Waals surface area contributed by atoms with Crippen molar-refractivity contribution >= 4 is 51.3 Å². The topological polar surface area (TPSA) is 95.2 Å². The first-order valence-corrected chi connectivity index (χ1v) is 11.1. The molecule has 1 fully saturated rings. The summed E-state index contributed by atoms with van der Waals surface area (Å²) in [6.07, 6.45) is 2.44. The molecule has 7 nitrogen and oxygen atoms in total. The smallest absolute Gasteiger partial charge is 0.267 e. The zero-order valence-corrected chi connectivity index (χ0v) is 18.4. The summed E-state index contributed by atoms with van der Waals surface area (Å²) in [7, 11) is 0. The Morgan fingerprint density at radius 2 is 2.03 bits per heavy atom. The molecule has 4 N–H and O–H groups in total. The van der Waals surface area contributed by atoms with Crippen LogP contribution in [-0.4, -0.2) is 35.9 Å². The number of carbonyl (C=O) groups is 2. The van der Waals surface area contributed by atoms with Crippen molar-refractivity contribution in [3.05, 3.63) is 69.7 Å². The molecule has 1 aliphatic heterocycles. The minimum Gasteiger partial charge on any atom is -0.348 e. The number of rotatable bonds is 6. The molecular formula is C22H22ClN5O2S. The highest BCUT2D eigenvalue weighted by Gasteiger charge is 2.18. The molecule has 3 aromatic rings. The van der Waals surface area contributed by atoms with Crippen molar-refractivity contribution in [2.75, 3.05) is 23.7 Å². The number of hydrogen-bond donors (Lipinski definition) is 4. The summed E-state index contributed by atoms with van der Waals surface area (Å²) in [5.74, 6) is -0.383. The number of aromatic nitrogens is 1. The summed E-state index contributed by atoms with van der Waals surface area (Å²) >= 11 is 7.41. The first kappa shape index (κ1) is 21.3. The number of thiazole rings is 1. The van der Waals surface area contributed by atoms with E-state index >= 15 is 0 Å². The standard InChI is InChI=1S/C22H22ClN5O2S/c1-13-4-2-7-17(23)19(13)28-21(30)18-12-25-22(31-18)27-15-6-3-5-14(10-15)20(29)26-16-8-9-24-11-16/h2-7,10,12,16,24H,8-9,11H2,1H3,(H,25,27)(H,26,29)(H,28,30)/t16-/m1/s1. The maximum Gasteiger partial charge on any atom is 0.267 e. The summed E-state index contributed by atoms with van der Waals surface area (Å²) in [5.41, 5.74) is 2.77. The van der Waals surface area contributed by atoms with E-state index in [9.17, 15) is 9.59 Å². The monoisotopic (exact) mass is 455 g/mol. The van der Waals surface area contributed by atoms with Crippen LogP contribution in [0.4, 0.5) is 16.5 Å². The SMILES string of the molecule is Cc1cccc(Cl)c1NC(=O)c1cnc(Nc2cccc(C(=O)N[C@@H]3CCNC3)c2)s1. The van der Waals surface area contributed by atoms with E-state index in [2.05, 4.69) is 26.3 Å². The normalized spacial score (nSPS) is 15.5. The van der Waals surface area contributed by atoms with Crippen molar-refractivity contribution in [3.63, 3.8) is 0 Å². The lowest BCUT2D eigenvalue weighted by atomic mass is 10.1. The van der Waals surface area contributed by atoms with Crippen LogP contribution in [0, 0.1) is 6.92 Å². The molecule has 0 bridgehead atoms. The Morgan fingerprint density at radius 1 is 1.19 bits per heavy atom. The van der Waals surface area contributed by atoms with Crippen molar-refractivity contribution in [2.24, 2.45) is 0 Å². The van der Waals surface area contributed by atoms with Gasteiger partial charge in [-0.25, -0.2) is 4.98 Å². The van der Waals surface area contributed by atoms with Crippen LogP contribution < -0.4 is 21.3 Å². The number of anilines is 3. The third-order valence-electron chi connectivity index (χ3n) is 4.96. The fourth-order valence-corrected chi connectivity index (χ4v) is 4.31. The van der Waals surface area contributed by atoms with Gasteiger partial charge in [-0.3, -0.25) is 9.59 Å². The minimum absolute atomic E-state index is 0.105. The van der Waals surface area contributed by atoms with Gasteiger partial charge >= 0.3 is 0 Å². The van der Waals surface area contributed by atoms with Crippen LogP contribution in [0.1, 0.15) is 32.0 Å². The average molecular weight is 456 g/mol. The van der Waals surface area contributed by atoms with Gasteiger partial charge in [-0.05, 0) is 49.7 Å². The average Bonchev–Trinajstić information content (AvgIpc) is 3.43. The van der Waals surface area contributed by atoms with E-state index in [-0.39, 0.29) is 17.9 Å². The minimum atomic E-state index is -0.278. The maximum atomic E-state index is 12.6. The first-order valence-electron chi connectivity index (χ1n) is 9.90. The third-order valence-corrected chi connectivity index (χ3v) is 6.19. The molecule has 1 atom stereocenters. The zero-order chi connectivity index (χ0) is 21.8. The number of para-hydroxylation sites is 1. The number of nitrogens with one attached hydrogen (secondary N) is 4. The molecule has 2 aromatic carbocycles. The number of amides is 2. The van der Waals surface area contributed by atoms with E-state index in [0.717, 1.165) is 30.8 Å². The van der Waals surface area contributed by atoms with Crippen LogP contribution in [0.25, 0.3) is 0 Å². The fraction of sp³-hybridized carbons (Fsp3) is 0.227. The van der Waals surface area contributed by atoms with E-state index in [1.807, 2.05) is 31.2 Å². The lowest BCUT2D eigenvalue weighted by Gasteiger charge is -2.12. The molecule has 160 valence electrons. The van der Waals surface area contributed by atoms with Gasteiger partial charge in [-0.1, -0.05) is 41.1 Å². The molecule has 0 spiro atoms.